The first-order chi connectivity index (χ1) is 10.0. The minimum Gasteiger partial charge on any atom is -0.423 e. The number of rotatable bonds is 2. The fourth-order valence-electron chi connectivity index (χ4n) is 2.07. The Morgan fingerprint density at radius 3 is 3.05 bits per heavy atom. The van der Waals surface area contributed by atoms with Gasteiger partial charge in [0.15, 0.2) is 4.77 Å². The van der Waals surface area contributed by atoms with Gasteiger partial charge in [-0.2, -0.15) is 0 Å². The number of aromatic nitrogens is 2. The normalized spacial score (nSPS) is 13.1. The van der Waals surface area contributed by atoms with Crippen LogP contribution in [0.1, 0.15) is 15.9 Å². The zero-order valence-electron chi connectivity index (χ0n) is 10.7. The number of H-pyrrole nitrogens is 2. The van der Waals surface area contributed by atoms with Crippen LogP contribution in [0.5, 0.6) is 0 Å². The minimum atomic E-state index is -0.993. The number of carbonyl (C=O) groups is 1. The molecule has 0 bridgehead atoms. The summed E-state index contributed by atoms with van der Waals surface area (Å²) in [5, 5.41) is 12.2. The largest absolute Gasteiger partial charge is 0.491 e. The van der Waals surface area contributed by atoms with Gasteiger partial charge in [-0.3, -0.25) is 14.6 Å². The predicted octanol–water partition coefficient (Wildman–Crippen LogP) is -0.0975. The molecule has 1 aromatic carbocycles. The summed E-state index contributed by atoms with van der Waals surface area (Å²) in [4.78, 5) is 28.6. The van der Waals surface area contributed by atoms with E-state index in [4.69, 9.17) is 16.9 Å². The van der Waals surface area contributed by atoms with Crippen LogP contribution >= 0.6 is 12.2 Å². The van der Waals surface area contributed by atoms with Gasteiger partial charge in [0.1, 0.15) is 5.56 Å². The molecule has 4 N–H and O–H groups in total. The van der Waals surface area contributed by atoms with Gasteiger partial charge in [0, 0.05) is 11.9 Å². The summed E-state index contributed by atoms with van der Waals surface area (Å²) in [6, 6.07) is 5.05. The first-order valence-electron chi connectivity index (χ1n) is 6.10. The molecule has 0 fully saturated rings. The summed E-state index contributed by atoms with van der Waals surface area (Å²) in [6.45, 7) is 0.333. The van der Waals surface area contributed by atoms with Crippen LogP contribution in [0.4, 0.5) is 5.69 Å². The molecule has 0 saturated heterocycles. The van der Waals surface area contributed by atoms with Crippen LogP contribution in [0, 0.1) is 4.77 Å². The van der Waals surface area contributed by atoms with Gasteiger partial charge in [-0.15, -0.1) is 0 Å². The Hall–Kier alpha value is -2.23. The van der Waals surface area contributed by atoms with Crippen LogP contribution in [0.15, 0.2) is 29.2 Å². The lowest BCUT2D eigenvalue weighted by Crippen LogP contribution is -2.29. The number of anilines is 1. The highest BCUT2D eigenvalue weighted by molar-refractivity contribution is 7.71. The zero-order chi connectivity index (χ0) is 15.0. The number of carbonyl (C=O) groups excluding carboxylic acids is 1. The van der Waals surface area contributed by atoms with E-state index in [2.05, 4.69) is 15.3 Å². The Morgan fingerprint density at radius 1 is 1.48 bits per heavy atom. The highest BCUT2D eigenvalue weighted by atomic mass is 32.1. The lowest BCUT2D eigenvalue weighted by Gasteiger charge is -2.06. The molecule has 1 amide bonds. The van der Waals surface area contributed by atoms with E-state index in [0.717, 1.165) is 5.56 Å². The van der Waals surface area contributed by atoms with Crippen molar-refractivity contribution in [2.24, 2.45) is 0 Å². The van der Waals surface area contributed by atoms with Gasteiger partial charge in [-0.1, -0.05) is 6.07 Å². The third kappa shape index (κ3) is 2.66. The monoisotopic (exact) mass is 303 g/mol. The molecule has 0 unspecified atom stereocenters. The van der Waals surface area contributed by atoms with E-state index in [-0.39, 0.29) is 10.3 Å². The first-order valence-corrected chi connectivity index (χ1v) is 6.51. The van der Waals surface area contributed by atoms with Gasteiger partial charge in [0.25, 0.3) is 11.5 Å². The van der Waals surface area contributed by atoms with Crippen molar-refractivity contribution in [3.63, 3.8) is 0 Å². The summed E-state index contributed by atoms with van der Waals surface area (Å²) < 4.78 is 5.22. The van der Waals surface area contributed by atoms with Gasteiger partial charge >= 0.3 is 7.12 Å². The fraction of sp³-hybridized carbons (Fsp3) is 0.0833. The SMILES string of the molecule is O=C(Nc1ccc2c(c1)B(O)OC2)c1c[nH]c(=S)[nH]c1=O. The van der Waals surface area contributed by atoms with E-state index in [0.29, 0.717) is 17.8 Å². The first kappa shape index (κ1) is 13.7. The minimum absolute atomic E-state index is 0.0825. The van der Waals surface area contributed by atoms with Crippen molar-refractivity contribution in [3.8, 4) is 0 Å². The molecule has 7 nitrogen and oxygen atoms in total. The average molecular weight is 303 g/mol. The maximum Gasteiger partial charge on any atom is 0.491 e. The number of fused-ring (bicyclic) bond motifs is 1. The summed E-state index contributed by atoms with van der Waals surface area (Å²) in [5.41, 5.74) is 1.28. The van der Waals surface area contributed by atoms with E-state index in [9.17, 15) is 14.6 Å². The van der Waals surface area contributed by atoms with Crippen LogP contribution in [-0.2, 0) is 11.3 Å². The fourth-order valence-corrected chi connectivity index (χ4v) is 2.22. The molecule has 0 aliphatic carbocycles. The van der Waals surface area contributed by atoms with Crippen LogP contribution in [-0.4, -0.2) is 28.0 Å². The molecule has 0 spiro atoms. The summed E-state index contributed by atoms with van der Waals surface area (Å²) >= 11 is 4.76. The molecule has 106 valence electrons. The predicted molar refractivity (Wildman–Crippen MR) is 79.0 cm³/mol. The van der Waals surface area contributed by atoms with E-state index in [1.165, 1.54) is 6.20 Å². The van der Waals surface area contributed by atoms with Crippen molar-refractivity contribution in [3.05, 3.63) is 50.6 Å². The summed E-state index contributed by atoms with van der Waals surface area (Å²) in [6.07, 6.45) is 1.25. The lowest BCUT2D eigenvalue weighted by molar-refractivity contribution is 0.102. The van der Waals surface area contributed by atoms with Crippen molar-refractivity contribution in [1.29, 1.82) is 0 Å². The molecule has 9 heteroatoms. The molecule has 2 heterocycles. The van der Waals surface area contributed by atoms with Gasteiger partial charge in [0.05, 0.1) is 6.61 Å². The van der Waals surface area contributed by atoms with Crippen LogP contribution in [0.2, 0.25) is 0 Å². The smallest absolute Gasteiger partial charge is 0.423 e. The molecular weight excluding hydrogens is 293 g/mol. The molecule has 21 heavy (non-hydrogen) atoms. The summed E-state index contributed by atoms with van der Waals surface area (Å²) in [5.74, 6) is -0.573. The Morgan fingerprint density at radius 2 is 2.29 bits per heavy atom. The van der Waals surface area contributed by atoms with E-state index in [1.807, 2.05) is 0 Å². The van der Waals surface area contributed by atoms with Crippen molar-refractivity contribution in [2.45, 2.75) is 6.61 Å². The molecule has 1 aliphatic rings. The molecule has 2 aromatic rings. The van der Waals surface area contributed by atoms with Crippen molar-refractivity contribution in [2.75, 3.05) is 5.32 Å². The number of hydrogen-bond acceptors (Lipinski definition) is 5. The molecule has 0 atom stereocenters. The number of amides is 1. The Labute approximate surface area is 124 Å². The number of hydrogen-bond donors (Lipinski definition) is 4. The second-order valence-electron chi connectivity index (χ2n) is 4.52. The van der Waals surface area contributed by atoms with Gasteiger partial charge in [0.2, 0.25) is 0 Å². The van der Waals surface area contributed by atoms with E-state index in [1.54, 1.807) is 18.2 Å². The van der Waals surface area contributed by atoms with Crippen molar-refractivity contribution in [1.82, 2.24) is 9.97 Å². The third-order valence-electron chi connectivity index (χ3n) is 3.13. The van der Waals surface area contributed by atoms with Gasteiger partial charge in [-0.25, -0.2) is 0 Å². The standard InChI is InChI=1S/C12H10BN3O4S/c17-10(8-4-14-12(21)16-11(8)18)15-7-2-1-6-5-20-13(19)9(6)3-7/h1-4,19H,5H2,(H,15,17)(H2,14,16,18,21). The van der Waals surface area contributed by atoms with E-state index >= 15 is 0 Å². The van der Waals surface area contributed by atoms with Gasteiger partial charge in [-0.05, 0) is 35.4 Å². The van der Waals surface area contributed by atoms with Crippen LogP contribution in [0.25, 0.3) is 0 Å². The maximum absolute atomic E-state index is 12.0. The molecule has 3 rings (SSSR count). The third-order valence-corrected chi connectivity index (χ3v) is 3.35. The number of aromatic amines is 2. The van der Waals surface area contributed by atoms with Gasteiger partial charge < -0.3 is 20.0 Å². The average Bonchev–Trinajstić information content (AvgIpc) is 2.80. The topological polar surface area (TPSA) is 107 Å². The number of nitrogens with one attached hydrogen (secondary N) is 3. The van der Waals surface area contributed by atoms with Crippen LogP contribution in [0.3, 0.4) is 0 Å². The second kappa shape index (κ2) is 5.28. The zero-order valence-corrected chi connectivity index (χ0v) is 11.5. The Kier molecular flexibility index (Phi) is 3.46. The highest BCUT2D eigenvalue weighted by Crippen LogP contribution is 2.14. The second-order valence-corrected chi connectivity index (χ2v) is 4.92. The van der Waals surface area contributed by atoms with Crippen LogP contribution < -0.4 is 16.3 Å². The lowest BCUT2D eigenvalue weighted by atomic mass is 9.79. The Bertz CT molecular complexity index is 832. The maximum atomic E-state index is 12.0. The molecule has 0 saturated carbocycles. The van der Waals surface area contributed by atoms with Crippen molar-refractivity contribution >= 4 is 36.4 Å². The Balaban J connectivity index is 1.87. The molecular formula is C12H10BN3O4S. The highest BCUT2D eigenvalue weighted by Gasteiger charge is 2.27. The van der Waals surface area contributed by atoms with E-state index < -0.39 is 18.6 Å². The molecule has 1 aromatic heterocycles. The molecule has 1 aliphatic heterocycles. The summed E-state index contributed by atoms with van der Waals surface area (Å²) in [7, 11) is -0.993. The van der Waals surface area contributed by atoms with Crippen molar-refractivity contribution < 1.29 is 14.5 Å². The number of benzene rings is 1. The molecule has 0 radical (unpaired) electrons. The quantitative estimate of drug-likeness (QED) is 0.458.